The number of carboxylic acid groups (broad SMARTS) is 1. The smallest absolute Gasteiger partial charge is 0.317 e. The van der Waals surface area contributed by atoms with Gasteiger partial charge in [0.1, 0.15) is 0 Å². The largest absolute Gasteiger partial charge is 0.480 e. The molecule has 1 aliphatic carbocycles. The summed E-state index contributed by atoms with van der Waals surface area (Å²) in [5.41, 5.74) is 0. The zero-order valence-corrected chi connectivity index (χ0v) is 10.6. The zero-order valence-electron chi connectivity index (χ0n) is 10.6. The monoisotopic (exact) mass is 227 g/mol. The van der Waals surface area contributed by atoms with Gasteiger partial charge in [-0.15, -0.1) is 0 Å². The summed E-state index contributed by atoms with van der Waals surface area (Å²) in [6.07, 6.45) is 7.94. The molecule has 1 saturated carbocycles. The third kappa shape index (κ3) is 4.97. The molecule has 0 saturated heterocycles. The molecule has 0 spiro atoms. The van der Waals surface area contributed by atoms with Crippen LogP contribution in [0.1, 0.15) is 45.4 Å². The Morgan fingerprint density at radius 1 is 1.25 bits per heavy atom. The zero-order chi connectivity index (χ0) is 12.0. The predicted octanol–water partition coefficient (Wildman–Crippen LogP) is 2.61. The first-order valence-electron chi connectivity index (χ1n) is 6.52. The summed E-state index contributed by atoms with van der Waals surface area (Å²) in [5, 5.41) is 8.68. The van der Waals surface area contributed by atoms with Crippen molar-refractivity contribution in [2.75, 3.05) is 20.1 Å². The number of likely N-dealkylation sites (N-methyl/N-ethyl adjacent to an activating group) is 1. The lowest BCUT2D eigenvalue weighted by molar-refractivity contribution is -0.138. The number of nitrogens with zero attached hydrogens (tertiary/aromatic N) is 1. The van der Waals surface area contributed by atoms with Gasteiger partial charge in [-0.05, 0) is 31.7 Å². The van der Waals surface area contributed by atoms with Gasteiger partial charge in [0, 0.05) is 6.54 Å². The molecule has 16 heavy (non-hydrogen) atoms. The first kappa shape index (κ1) is 13.5. The minimum absolute atomic E-state index is 0.175. The number of hydrogen-bond donors (Lipinski definition) is 1. The van der Waals surface area contributed by atoms with Gasteiger partial charge in [0.05, 0.1) is 6.54 Å². The highest BCUT2D eigenvalue weighted by molar-refractivity contribution is 5.68. The molecule has 3 nitrogen and oxygen atoms in total. The van der Waals surface area contributed by atoms with E-state index in [1.807, 2.05) is 11.9 Å². The van der Waals surface area contributed by atoms with E-state index in [4.69, 9.17) is 5.11 Å². The molecule has 0 bridgehead atoms. The lowest BCUT2D eigenvalue weighted by Gasteiger charge is -2.30. The second-order valence-electron chi connectivity index (χ2n) is 5.27. The Morgan fingerprint density at radius 3 is 2.31 bits per heavy atom. The fraction of sp³-hybridized carbons (Fsp3) is 0.923. The fourth-order valence-electron chi connectivity index (χ4n) is 2.85. The van der Waals surface area contributed by atoms with E-state index in [1.54, 1.807) is 0 Å². The summed E-state index contributed by atoms with van der Waals surface area (Å²) in [5.74, 6) is 0.936. The highest BCUT2D eigenvalue weighted by Gasteiger charge is 2.21. The first-order chi connectivity index (χ1) is 7.61. The van der Waals surface area contributed by atoms with E-state index in [2.05, 4.69) is 6.92 Å². The van der Waals surface area contributed by atoms with Crippen LogP contribution in [-0.2, 0) is 4.79 Å². The molecular weight excluding hydrogens is 202 g/mol. The molecule has 0 heterocycles. The lowest BCUT2D eigenvalue weighted by Crippen LogP contribution is -2.32. The quantitative estimate of drug-likeness (QED) is 0.758. The van der Waals surface area contributed by atoms with Gasteiger partial charge in [-0.2, -0.15) is 0 Å². The summed E-state index contributed by atoms with van der Waals surface area (Å²) >= 11 is 0. The van der Waals surface area contributed by atoms with Crippen molar-refractivity contribution in [1.29, 1.82) is 0 Å². The molecule has 0 aliphatic heterocycles. The van der Waals surface area contributed by atoms with E-state index in [0.29, 0.717) is 0 Å². The van der Waals surface area contributed by atoms with Gasteiger partial charge in [0.25, 0.3) is 0 Å². The molecule has 0 unspecified atom stereocenters. The maximum absolute atomic E-state index is 10.5. The van der Waals surface area contributed by atoms with Gasteiger partial charge in [-0.3, -0.25) is 9.69 Å². The van der Waals surface area contributed by atoms with Crippen LogP contribution in [0.25, 0.3) is 0 Å². The second kappa shape index (κ2) is 6.89. The van der Waals surface area contributed by atoms with Gasteiger partial charge in [0.2, 0.25) is 0 Å². The van der Waals surface area contributed by atoms with Crippen LogP contribution < -0.4 is 0 Å². The number of rotatable bonds is 6. The fourth-order valence-corrected chi connectivity index (χ4v) is 2.85. The SMILES string of the molecule is CCCC1CCC(CN(C)CC(=O)O)CC1. The lowest BCUT2D eigenvalue weighted by atomic mass is 9.80. The molecule has 1 N–H and O–H groups in total. The van der Waals surface area contributed by atoms with E-state index in [1.165, 1.54) is 38.5 Å². The van der Waals surface area contributed by atoms with Crippen molar-refractivity contribution in [3.63, 3.8) is 0 Å². The molecule has 1 aliphatic rings. The van der Waals surface area contributed by atoms with E-state index < -0.39 is 5.97 Å². The number of aliphatic carboxylic acids is 1. The van der Waals surface area contributed by atoms with Crippen LogP contribution in [0.2, 0.25) is 0 Å². The molecule has 0 aromatic heterocycles. The Balaban J connectivity index is 2.18. The minimum atomic E-state index is -0.720. The van der Waals surface area contributed by atoms with Crippen LogP contribution in [0.4, 0.5) is 0 Å². The van der Waals surface area contributed by atoms with E-state index in [9.17, 15) is 4.79 Å². The van der Waals surface area contributed by atoms with Gasteiger partial charge >= 0.3 is 5.97 Å². The standard InChI is InChI=1S/C13H25NO2/c1-3-4-11-5-7-12(8-6-11)9-14(2)10-13(15)16/h11-12H,3-10H2,1-2H3,(H,15,16). The van der Waals surface area contributed by atoms with Gasteiger partial charge < -0.3 is 5.11 Å². The van der Waals surface area contributed by atoms with Crippen molar-refractivity contribution in [3.8, 4) is 0 Å². The molecule has 0 atom stereocenters. The Hall–Kier alpha value is -0.570. The third-order valence-corrected chi connectivity index (χ3v) is 3.64. The molecule has 0 amide bonds. The molecule has 3 heteroatoms. The van der Waals surface area contributed by atoms with Crippen LogP contribution >= 0.6 is 0 Å². The van der Waals surface area contributed by atoms with Crippen molar-refractivity contribution in [3.05, 3.63) is 0 Å². The third-order valence-electron chi connectivity index (χ3n) is 3.64. The normalized spacial score (nSPS) is 25.9. The summed E-state index contributed by atoms with van der Waals surface area (Å²) in [6, 6.07) is 0. The first-order valence-corrected chi connectivity index (χ1v) is 6.52. The Kier molecular flexibility index (Phi) is 5.81. The molecule has 94 valence electrons. The minimum Gasteiger partial charge on any atom is -0.480 e. The highest BCUT2D eigenvalue weighted by atomic mass is 16.4. The van der Waals surface area contributed by atoms with Gasteiger partial charge in [0.15, 0.2) is 0 Å². The Morgan fingerprint density at radius 2 is 1.81 bits per heavy atom. The Labute approximate surface area is 98.8 Å². The summed E-state index contributed by atoms with van der Waals surface area (Å²) in [7, 11) is 1.91. The molecular formula is C13H25NO2. The summed E-state index contributed by atoms with van der Waals surface area (Å²) in [4.78, 5) is 12.5. The average molecular weight is 227 g/mol. The molecule has 0 aromatic carbocycles. The molecule has 0 radical (unpaired) electrons. The topological polar surface area (TPSA) is 40.5 Å². The van der Waals surface area contributed by atoms with Crippen molar-refractivity contribution in [2.24, 2.45) is 11.8 Å². The number of carbonyl (C=O) groups is 1. The summed E-state index contributed by atoms with van der Waals surface area (Å²) in [6.45, 7) is 3.38. The second-order valence-corrected chi connectivity index (χ2v) is 5.27. The Bertz CT molecular complexity index is 210. The van der Waals surface area contributed by atoms with E-state index in [-0.39, 0.29) is 6.54 Å². The van der Waals surface area contributed by atoms with Crippen LogP contribution in [0, 0.1) is 11.8 Å². The van der Waals surface area contributed by atoms with E-state index >= 15 is 0 Å². The van der Waals surface area contributed by atoms with Crippen LogP contribution in [0.15, 0.2) is 0 Å². The average Bonchev–Trinajstić information content (AvgIpc) is 2.20. The molecule has 0 aromatic rings. The van der Waals surface area contributed by atoms with Crippen molar-refractivity contribution in [2.45, 2.75) is 45.4 Å². The highest BCUT2D eigenvalue weighted by Crippen LogP contribution is 2.31. The molecule has 1 rings (SSSR count). The number of hydrogen-bond acceptors (Lipinski definition) is 2. The summed E-state index contributed by atoms with van der Waals surface area (Å²) < 4.78 is 0. The number of carboxylic acids is 1. The van der Waals surface area contributed by atoms with Gasteiger partial charge in [-0.25, -0.2) is 0 Å². The van der Waals surface area contributed by atoms with E-state index in [0.717, 1.165) is 18.4 Å². The van der Waals surface area contributed by atoms with Crippen molar-refractivity contribution in [1.82, 2.24) is 4.90 Å². The van der Waals surface area contributed by atoms with Crippen molar-refractivity contribution >= 4 is 5.97 Å². The molecule has 1 fully saturated rings. The van der Waals surface area contributed by atoms with Crippen LogP contribution in [0.5, 0.6) is 0 Å². The van der Waals surface area contributed by atoms with Gasteiger partial charge in [-0.1, -0.05) is 32.6 Å². The maximum Gasteiger partial charge on any atom is 0.317 e. The predicted molar refractivity (Wildman–Crippen MR) is 65.5 cm³/mol. The van der Waals surface area contributed by atoms with Crippen LogP contribution in [0.3, 0.4) is 0 Å². The van der Waals surface area contributed by atoms with Crippen molar-refractivity contribution < 1.29 is 9.90 Å². The van der Waals surface area contributed by atoms with Crippen LogP contribution in [-0.4, -0.2) is 36.1 Å². The maximum atomic E-state index is 10.5.